The number of nitrogens with one attached hydrogen (secondary N) is 1. The monoisotopic (exact) mass is 408 g/mol. The maximum Gasteiger partial charge on any atom is 0.352 e. The number of rotatable bonds is 7. The van der Waals surface area contributed by atoms with Crippen molar-refractivity contribution in [3.63, 3.8) is 0 Å². The minimum atomic E-state index is -0.737. The Kier molecular flexibility index (Phi) is 6.58. The number of methoxy groups -OCH3 is 1. The number of aryl methyl sites for hydroxylation is 2. The maximum absolute atomic E-state index is 13.1. The fourth-order valence-electron chi connectivity index (χ4n) is 2.95. The highest BCUT2D eigenvalue weighted by molar-refractivity contribution is 5.91. The first-order valence-electron chi connectivity index (χ1n) is 9.54. The van der Waals surface area contributed by atoms with Crippen LogP contribution in [0.1, 0.15) is 27.2 Å². The van der Waals surface area contributed by atoms with Gasteiger partial charge in [0, 0.05) is 13.7 Å². The molecule has 0 aliphatic heterocycles. The highest BCUT2D eigenvalue weighted by Gasteiger charge is 2.20. The van der Waals surface area contributed by atoms with E-state index in [-0.39, 0.29) is 18.8 Å². The van der Waals surface area contributed by atoms with Crippen molar-refractivity contribution in [2.45, 2.75) is 20.4 Å². The summed E-state index contributed by atoms with van der Waals surface area (Å²) in [5.41, 5.74) is 1.54. The number of carbonyl (C=O) groups excluding carboxylic acids is 1. The van der Waals surface area contributed by atoms with Crippen LogP contribution in [-0.4, -0.2) is 40.5 Å². The summed E-state index contributed by atoms with van der Waals surface area (Å²) in [5.74, 6) is -0.656. The van der Waals surface area contributed by atoms with Crippen LogP contribution < -0.4 is 16.6 Å². The van der Waals surface area contributed by atoms with Crippen LogP contribution in [0, 0.1) is 13.8 Å². The Morgan fingerprint density at radius 1 is 1.07 bits per heavy atom. The average molecular weight is 408 g/mol. The lowest BCUT2D eigenvalue weighted by Crippen LogP contribution is -2.46. The van der Waals surface area contributed by atoms with E-state index < -0.39 is 17.2 Å². The molecule has 0 aliphatic rings. The van der Waals surface area contributed by atoms with Gasteiger partial charge in [-0.1, -0.05) is 42.0 Å². The van der Waals surface area contributed by atoms with Crippen LogP contribution >= 0.6 is 0 Å². The molecule has 30 heavy (non-hydrogen) atoms. The number of hydrogen-bond acceptors (Lipinski definition) is 5. The second-order valence-electron chi connectivity index (χ2n) is 7.01. The zero-order valence-corrected chi connectivity index (χ0v) is 17.2. The molecular weight excluding hydrogens is 384 g/mol. The van der Waals surface area contributed by atoms with Crippen molar-refractivity contribution in [3.8, 4) is 5.69 Å². The molecule has 0 bridgehead atoms. The Balaban J connectivity index is 2.13. The smallest absolute Gasteiger partial charge is 0.352 e. The molecule has 1 heterocycles. The second-order valence-corrected chi connectivity index (χ2v) is 7.01. The summed E-state index contributed by atoms with van der Waals surface area (Å²) in [6.07, 6.45) is 0. The zero-order valence-electron chi connectivity index (χ0n) is 17.2. The average Bonchev–Trinajstić information content (AvgIpc) is 2.72. The summed E-state index contributed by atoms with van der Waals surface area (Å²) in [4.78, 5) is 38.7. The summed E-state index contributed by atoms with van der Waals surface area (Å²) in [5, 5.41) is 6.69. The van der Waals surface area contributed by atoms with Gasteiger partial charge in [-0.2, -0.15) is 9.78 Å². The molecule has 1 N–H and O–H groups in total. The molecule has 0 saturated heterocycles. The molecular formula is C22H24N4O4. The van der Waals surface area contributed by atoms with E-state index in [2.05, 4.69) is 10.4 Å². The summed E-state index contributed by atoms with van der Waals surface area (Å²) in [6, 6.07) is 14.6. The molecule has 0 radical (unpaired) electrons. The van der Waals surface area contributed by atoms with Gasteiger partial charge in [-0.15, -0.1) is 0 Å². The Labute approximate surface area is 173 Å². The first-order valence-corrected chi connectivity index (χ1v) is 9.54. The fraction of sp³-hybridized carbons (Fsp3) is 0.273. The molecule has 0 fully saturated rings. The van der Waals surface area contributed by atoms with Crippen molar-refractivity contribution >= 4 is 5.91 Å². The molecule has 0 unspecified atom stereocenters. The molecule has 2 aromatic carbocycles. The predicted molar refractivity (Wildman–Crippen MR) is 113 cm³/mol. The topological polar surface area (TPSA) is 95.2 Å². The molecule has 0 atom stereocenters. The van der Waals surface area contributed by atoms with Crippen LogP contribution in [-0.2, 0) is 11.3 Å². The molecule has 8 heteroatoms. The molecule has 0 aliphatic carbocycles. The number of aromatic nitrogens is 3. The van der Waals surface area contributed by atoms with Gasteiger partial charge >= 0.3 is 5.69 Å². The van der Waals surface area contributed by atoms with E-state index in [0.29, 0.717) is 12.3 Å². The first kappa shape index (κ1) is 21.2. The summed E-state index contributed by atoms with van der Waals surface area (Å²) in [6.45, 7) is 4.38. The van der Waals surface area contributed by atoms with Crippen molar-refractivity contribution in [1.29, 1.82) is 0 Å². The zero-order chi connectivity index (χ0) is 21.7. The Morgan fingerprint density at radius 3 is 2.47 bits per heavy atom. The molecule has 0 saturated carbocycles. The Bertz CT molecular complexity index is 1160. The van der Waals surface area contributed by atoms with Gasteiger partial charge in [0.25, 0.3) is 11.5 Å². The van der Waals surface area contributed by atoms with E-state index in [9.17, 15) is 14.4 Å². The van der Waals surface area contributed by atoms with Gasteiger partial charge in [-0.3, -0.25) is 14.2 Å². The fourth-order valence-corrected chi connectivity index (χ4v) is 2.95. The number of carbonyl (C=O) groups is 1. The van der Waals surface area contributed by atoms with E-state index in [1.165, 1.54) is 7.11 Å². The standard InChI is InChI=1S/C22H24N4O4/c1-15-7-9-17(10-8-15)14-25-21(28)19(20(27)23-11-12-30-3)24-26(22(25)29)18-6-4-5-16(2)13-18/h4-10,13H,11-12,14H2,1-3H3,(H,23,27). The highest BCUT2D eigenvalue weighted by Crippen LogP contribution is 2.07. The van der Waals surface area contributed by atoms with Gasteiger partial charge in [0.15, 0.2) is 0 Å². The predicted octanol–water partition coefficient (Wildman–Crippen LogP) is 1.44. The largest absolute Gasteiger partial charge is 0.383 e. The van der Waals surface area contributed by atoms with Crippen LogP contribution in [0.4, 0.5) is 0 Å². The lowest BCUT2D eigenvalue weighted by molar-refractivity contribution is 0.0927. The maximum atomic E-state index is 13.1. The summed E-state index contributed by atoms with van der Waals surface area (Å²) < 4.78 is 7.05. The van der Waals surface area contributed by atoms with E-state index in [1.807, 2.05) is 44.2 Å². The van der Waals surface area contributed by atoms with Crippen molar-refractivity contribution in [2.75, 3.05) is 20.3 Å². The number of ether oxygens (including phenoxy) is 1. The Morgan fingerprint density at radius 2 is 1.80 bits per heavy atom. The van der Waals surface area contributed by atoms with Crippen LogP contribution in [0.3, 0.4) is 0 Å². The van der Waals surface area contributed by atoms with E-state index in [1.54, 1.807) is 18.2 Å². The minimum Gasteiger partial charge on any atom is -0.383 e. The van der Waals surface area contributed by atoms with Gasteiger partial charge in [-0.05, 0) is 37.1 Å². The SMILES string of the molecule is COCCNC(=O)c1nn(-c2cccc(C)c2)c(=O)n(Cc2ccc(C)cc2)c1=O. The third kappa shape index (κ3) is 4.72. The molecule has 1 amide bonds. The number of benzene rings is 2. The lowest BCUT2D eigenvalue weighted by atomic mass is 10.1. The van der Waals surface area contributed by atoms with Gasteiger partial charge in [0.1, 0.15) is 0 Å². The van der Waals surface area contributed by atoms with Crippen molar-refractivity contribution in [3.05, 3.63) is 91.8 Å². The molecule has 3 rings (SSSR count). The Hall–Kier alpha value is -3.52. The molecule has 3 aromatic rings. The summed E-state index contributed by atoms with van der Waals surface area (Å²) >= 11 is 0. The number of nitrogens with zero attached hydrogens (tertiary/aromatic N) is 3. The van der Waals surface area contributed by atoms with E-state index in [4.69, 9.17) is 4.74 Å². The van der Waals surface area contributed by atoms with Crippen LogP contribution in [0.2, 0.25) is 0 Å². The van der Waals surface area contributed by atoms with Crippen LogP contribution in [0.5, 0.6) is 0 Å². The van der Waals surface area contributed by atoms with E-state index >= 15 is 0 Å². The highest BCUT2D eigenvalue weighted by atomic mass is 16.5. The third-order valence-corrected chi connectivity index (χ3v) is 4.57. The van der Waals surface area contributed by atoms with Crippen molar-refractivity contribution in [2.24, 2.45) is 0 Å². The van der Waals surface area contributed by atoms with Crippen LogP contribution in [0.15, 0.2) is 58.1 Å². The van der Waals surface area contributed by atoms with Gasteiger partial charge in [0.2, 0.25) is 5.69 Å². The lowest BCUT2D eigenvalue weighted by Gasteiger charge is -2.13. The number of amides is 1. The molecule has 1 aromatic heterocycles. The van der Waals surface area contributed by atoms with Gasteiger partial charge in [-0.25, -0.2) is 4.79 Å². The minimum absolute atomic E-state index is 0.0324. The molecule has 156 valence electrons. The quantitative estimate of drug-likeness (QED) is 0.597. The number of hydrogen-bond donors (Lipinski definition) is 1. The van der Waals surface area contributed by atoms with Gasteiger partial charge < -0.3 is 10.1 Å². The molecule has 0 spiro atoms. The van der Waals surface area contributed by atoms with Crippen molar-refractivity contribution in [1.82, 2.24) is 19.7 Å². The van der Waals surface area contributed by atoms with Crippen molar-refractivity contribution < 1.29 is 9.53 Å². The molecule has 8 nitrogen and oxygen atoms in total. The second kappa shape index (κ2) is 9.32. The normalized spacial score (nSPS) is 10.8. The third-order valence-electron chi connectivity index (χ3n) is 4.57. The summed E-state index contributed by atoms with van der Waals surface area (Å²) in [7, 11) is 1.51. The van der Waals surface area contributed by atoms with E-state index in [0.717, 1.165) is 25.9 Å². The van der Waals surface area contributed by atoms with Crippen LogP contribution in [0.25, 0.3) is 5.69 Å². The van der Waals surface area contributed by atoms with Gasteiger partial charge in [0.05, 0.1) is 18.8 Å². The first-order chi connectivity index (χ1) is 14.4.